The van der Waals surface area contributed by atoms with Gasteiger partial charge in [0, 0.05) is 18.6 Å². The molecular formula is C14H17ClN2O3. The van der Waals surface area contributed by atoms with E-state index in [1.54, 1.807) is 13.1 Å². The molecule has 0 aromatic heterocycles. The summed E-state index contributed by atoms with van der Waals surface area (Å²) in [6.07, 6.45) is 3.41. The lowest BCUT2D eigenvalue weighted by Gasteiger charge is -2.18. The number of urea groups is 1. The lowest BCUT2D eigenvalue weighted by Crippen LogP contribution is -2.32. The number of unbranched alkanes of at least 4 members (excludes halogenated alkanes) is 1. The number of hydrogen-bond acceptors (Lipinski definition) is 2. The molecule has 0 atom stereocenters. The molecule has 0 bridgehead atoms. The molecule has 0 saturated heterocycles. The van der Waals surface area contributed by atoms with Crippen molar-refractivity contribution in [2.45, 2.75) is 12.8 Å². The minimum Gasteiger partial charge on any atom is -0.478 e. The molecule has 0 aliphatic carbocycles. The largest absolute Gasteiger partial charge is 0.478 e. The van der Waals surface area contributed by atoms with Gasteiger partial charge in [-0.05, 0) is 31.0 Å². The van der Waals surface area contributed by atoms with E-state index in [1.807, 2.05) is 0 Å². The van der Waals surface area contributed by atoms with Gasteiger partial charge in [0.15, 0.2) is 0 Å². The quantitative estimate of drug-likeness (QED) is 0.624. The lowest BCUT2D eigenvalue weighted by molar-refractivity contribution is 0.0698. The Bertz CT molecular complexity index is 517. The number of benzene rings is 1. The number of carbonyl (C=O) groups excluding carboxylic acids is 1. The first kappa shape index (κ1) is 16.0. The van der Waals surface area contributed by atoms with Crippen LogP contribution in [0.5, 0.6) is 0 Å². The molecule has 0 heterocycles. The highest BCUT2D eigenvalue weighted by atomic mass is 35.5. The molecule has 1 aromatic rings. The number of allylic oxidation sites excluding steroid dienone is 1. The molecule has 5 nitrogen and oxygen atoms in total. The van der Waals surface area contributed by atoms with Gasteiger partial charge in [0.1, 0.15) is 0 Å². The number of rotatable bonds is 6. The van der Waals surface area contributed by atoms with Crippen molar-refractivity contribution in [2.75, 3.05) is 18.9 Å². The Labute approximate surface area is 122 Å². The Balaban J connectivity index is 2.75. The average molecular weight is 297 g/mol. The van der Waals surface area contributed by atoms with Crippen LogP contribution in [0.4, 0.5) is 10.5 Å². The zero-order chi connectivity index (χ0) is 15.1. The highest BCUT2D eigenvalue weighted by Gasteiger charge is 2.15. The molecule has 2 N–H and O–H groups in total. The topological polar surface area (TPSA) is 69.6 Å². The minimum absolute atomic E-state index is 0.0367. The van der Waals surface area contributed by atoms with Crippen LogP contribution >= 0.6 is 11.6 Å². The maximum Gasteiger partial charge on any atom is 0.337 e. The van der Waals surface area contributed by atoms with Gasteiger partial charge in [0.05, 0.1) is 11.3 Å². The lowest BCUT2D eigenvalue weighted by atomic mass is 10.2. The van der Waals surface area contributed by atoms with Gasteiger partial charge in [-0.1, -0.05) is 17.7 Å². The van der Waals surface area contributed by atoms with Crippen molar-refractivity contribution in [2.24, 2.45) is 0 Å². The molecule has 2 amide bonds. The predicted octanol–water partition coefficient (Wildman–Crippen LogP) is 3.47. The summed E-state index contributed by atoms with van der Waals surface area (Å²) >= 11 is 5.75. The Hall–Kier alpha value is -2.01. The van der Waals surface area contributed by atoms with Crippen molar-refractivity contribution in [1.82, 2.24) is 4.90 Å². The third-order valence-electron chi connectivity index (χ3n) is 2.70. The fourth-order valence-electron chi connectivity index (χ4n) is 1.59. The van der Waals surface area contributed by atoms with E-state index >= 15 is 0 Å². The molecule has 0 aliphatic rings. The average Bonchev–Trinajstić information content (AvgIpc) is 2.40. The van der Waals surface area contributed by atoms with Crippen molar-refractivity contribution in [3.8, 4) is 0 Å². The van der Waals surface area contributed by atoms with Crippen molar-refractivity contribution in [3.63, 3.8) is 0 Å². The molecule has 0 unspecified atom stereocenters. The number of amides is 2. The van der Waals surface area contributed by atoms with E-state index in [1.165, 1.54) is 23.1 Å². The van der Waals surface area contributed by atoms with Gasteiger partial charge in [-0.15, -0.1) is 6.58 Å². The van der Waals surface area contributed by atoms with E-state index in [0.29, 0.717) is 11.6 Å². The number of anilines is 1. The van der Waals surface area contributed by atoms with Gasteiger partial charge >= 0.3 is 12.0 Å². The highest BCUT2D eigenvalue weighted by molar-refractivity contribution is 6.31. The first-order valence-electron chi connectivity index (χ1n) is 6.11. The second-order valence-electron chi connectivity index (χ2n) is 4.28. The summed E-state index contributed by atoms with van der Waals surface area (Å²) in [7, 11) is 1.65. The summed E-state index contributed by atoms with van der Waals surface area (Å²) in [5.41, 5.74) is 0.188. The van der Waals surface area contributed by atoms with E-state index in [-0.39, 0.29) is 17.3 Å². The van der Waals surface area contributed by atoms with Gasteiger partial charge < -0.3 is 15.3 Å². The van der Waals surface area contributed by atoms with Crippen LogP contribution in [0.15, 0.2) is 30.9 Å². The SMILES string of the molecule is C=CCCCN(C)C(=O)Nc1ccc(Cl)cc1C(=O)O. The fraction of sp³-hybridized carbons (Fsp3) is 0.286. The van der Waals surface area contributed by atoms with E-state index in [0.717, 1.165) is 12.8 Å². The summed E-state index contributed by atoms with van der Waals surface area (Å²) in [6, 6.07) is 3.94. The molecule has 0 spiro atoms. The second kappa shape index (κ2) is 7.55. The van der Waals surface area contributed by atoms with Gasteiger partial charge in [-0.25, -0.2) is 9.59 Å². The Kier molecular flexibility index (Phi) is 6.06. The van der Waals surface area contributed by atoms with Crippen molar-refractivity contribution in [1.29, 1.82) is 0 Å². The van der Waals surface area contributed by atoms with Crippen molar-refractivity contribution in [3.05, 3.63) is 41.4 Å². The third-order valence-corrected chi connectivity index (χ3v) is 2.94. The number of carboxylic acid groups (broad SMARTS) is 1. The zero-order valence-corrected chi connectivity index (χ0v) is 12.0. The van der Waals surface area contributed by atoms with Gasteiger partial charge in [0.2, 0.25) is 0 Å². The molecule has 20 heavy (non-hydrogen) atoms. The zero-order valence-electron chi connectivity index (χ0n) is 11.2. The van der Waals surface area contributed by atoms with Crippen LogP contribution in [0.25, 0.3) is 0 Å². The van der Waals surface area contributed by atoms with Crippen molar-refractivity contribution >= 4 is 29.3 Å². The smallest absolute Gasteiger partial charge is 0.337 e. The molecule has 0 fully saturated rings. The number of hydrogen-bond donors (Lipinski definition) is 2. The first-order chi connectivity index (χ1) is 9.45. The maximum atomic E-state index is 11.9. The van der Waals surface area contributed by atoms with Crippen LogP contribution < -0.4 is 5.32 Å². The number of carbonyl (C=O) groups is 2. The Morgan fingerprint density at radius 2 is 2.20 bits per heavy atom. The van der Waals surface area contributed by atoms with Crippen LogP contribution in [-0.4, -0.2) is 35.6 Å². The van der Waals surface area contributed by atoms with Crippen LogP contribution in [-0.2, 0) is 0 Å². The fourth-order valence-corrected chi connectivity index (χ4v) is 1.76. The first-order valence-corrected chi connectivity index (χ1v) is 6.49. The summed E-state index contributed by atoms with van der Waals surface area (Å²) in [4.78, 5) is 24.5. The van der Waals surface area contributed by atoms with Gasteiger partial charge in [0.25, 0.3) is 0 Å². The molecule has 0 saturated carbocycles. The predicted molar refractivity (Wildman–Crippen MR) is 79.5 cm³/mol. The van der Waals surface area contributed by atoms with Crippen molar-refractivity contribution < 1.29 is 14.7 Å². The standard InChI is InChI=1S/C14H17ClN2O3/c1-3-4-5-8-17(2)14(20)16-12-7-6-10(15)9-11(12)13(18)19/h3,6-7,9H,1,4-5,8H2,2H3,(H,16,20)(H,18,19). The molecule has 6 heteroatoms. The van der Waals surface area contributed by atoms with Crippen LogP contribution in [0.3, 0.4) is 0 Å². The van der Waals surface area contributed by atoms with Crippen LogP contribution in [0, 0.1) is 0 Å². The van der Waals surface area contributed by atoms with Gasteiger partial charge in [-0.2, -0.15) is 0 Å². The Morgan fingerprint density at radius 1 is 1.50 bits per heavy atom. The molecular weight excluding hydrogens is 280 g/mol. The molecule has 1 rings (SSSR count). The molecule has 1 aromatic carbocycles. The van der Waals surface area contributed by atoms with Gasteiger partial charge in [-0.3, -0.25) is 0 Å². The molecule has 0 radical (unpaired) electrons. The van der Waals surface area contributed by atoms with E-state index in [9.17, 15) is 9.59 Å². The van der Waals surface area contributed by atoms with E-state index < -0.39 is 5.97 Å². The third kappa shape index (κ3) is 4.59. The van der Waals surface area contributed by atoms with Crippen LogP contribution in [0.2, 0.25) is 5.02 Å². The number of halogens is 1. The number of carboxylic acids is 1. The highest BCUT2D eigenvalue weighted by Crippen LogP contribution is 2.21. The number of nitrogens with zero attached hydrogens (tertiary/aromatic N) is 1. The van der Waals surface area contributed by atoms with E-state index in [4.69, 9.17) is 16.7 Å². The summed E-state index contributed by atoms with van der Waals surface area (Å²) in [5.74, 6) is -1.14. The molecule has 0 aliphatic heterocycles. The van der Waals surface area contributed by atoms with Crippen LogP contribution in [0.1, 0.15) is 23.2 Å². The Morgan fingerprint density at radius 3 is 2.80 bits per heavy atom. The minimum atomic E-state index is -1.14. The summed E-state index contributed by atoms with van der Waals surface area (Å²) in [6.45, 7) is 4.18. The normalized spacial score (nSPS) is 9.90. The second-order valence-corrected chi connectivity index (χ2v) is 4.71. The number of nitrogens with one attached hydrogen (secondary N) is 1. The monoisotopic (exact) mass is 296 g/mol. The van der Waals surface area contributed by atoms with E-state index in [2.05, 4.69) is 11.9 Å². The summed E-state index contributed by atoms with van der Waals surface area (Å²) in [5, 5.41) is 12.0. The summed E-state index contributed by atoms with van der Waals surface area (Å²) < 4.78 is 0. The molecule has 108 valence electrons. The maximum absolute atomic E-state index is 11.9. The number of aromatic carboxylic acids is 1.